The van der Waals surface area contributed by atoms with E-state index in [4.69, 9.17) is 14.6 Å². The fraction of sp³-hybridized carbons (Fsp3) is 0.348. The summed E-state index contributed by atoms with van der Waals surface area (Å²) in [6, 6.07) is 16.5. The van der Waals surface area contributed by atoms with Crippen molar-refractivity contribution >= 4 is 5.97 Å². The predicted molar refractivity (Wildman–Crippen MR) is 108 cm³/mol. The molecule has 2 aromatic rings. The van der Waals surface area contributed by atoms with Crippen molar-refractivity contribution in [2.24, 2.45) is 0 Å². The van der Waals surface area contributed by atoms with Crippen molar-refractivity contribution in [3.05, 3.63) is 66.2 Å². The van der Waals surface area contributed by atoms with E-state index in [9.17, 15) is 4.79 Å². The van der Waals surface area contributed by atoms with E-state index in [0.717, 1.165) is 12.0 Å². The third kappa shape index (κ3) is 6.91. The highest BCUT2D eigenvalue weighted by atomic mass is 16.6. The van der Waals surface area contributed by atoms with E-state index in [1.807, 2.05) is 24.3 Å². The first-order valence-corrected chi connectivity index (χ1v) is 9.42. The molecule has 0 bridgehead atoms. The summed E-state index contributed by atoms with van der Waals surface area (Å²) < 4.78 is 10.5. The molecule has 2 aromatic carbocycles. The SMILES string of the molecule is C=C(CO)C(=O)OCCOc1ccc(-c2ccc(CCCCC)cc2)cc1. The number of hydrogen-bond donors (Lipinski definition) is 1. The first-order valence-electron chi connectivity index (χ1n) is 9.42. The first kappa shape index (κ1) is 20.7. The van der Waals surface area contributed by atoms with Crippen LogP contribution in [-0.2, 0) is 16.0 Å². The Morgan fingerprint density at radius 2 is 1.59 bits per heavy atom. The van der Waals surface area contributed by atoms with Gasteiger partial charge < -0.3 is 14.6 Å². The van der Waals surface area contributed by atoms with Crippen LogP contribution in [0.5, 0.6) is 5.75 Å². The normalized spacial score (nSPS) is 10.4. The average Bonchev–Trinajstić information content (AvgIpc) is 2.71. The molecule has 0 saturated carbocycles. The fourth-order valence-electron chi connectivity index (χ4n) is 2.65. The Morgan fingerprint density at radius 3 is 2.19 bits per heavy atom. The van der Waals surface area contributed by atoms with Crippen LogP contribution in [0.2, 0.25) is 0 Å². The molecule has 1 N–H and O–H groups in total. The molecule has 2 rings (SSSR count). The van der Waals surface area contributed by atoms with Crippen LogP contribution in [0.25, 0.3) is 11.1 Å². The van der Waals surface area contributed by atoms with Gasteiger partial charge in [-0.3, -0.25) is 0 Å². The molecule has 4 heteroatoms. The second kappa shape index (κ2) is 11.2. The number of ether oxygens (including phenoxy) is 2. The minimum absolute atomic E-state index is 0.0377. The average molecular weight is 368 g/mol. The van der Waals surface area contributed by atoms with Gasteiger partial charge in [-0.1, -0.05) is 62.7 Å². The minimum atomic E-state index is -0.602. The van der Waals surface area contributed by atoms with Crippen LogP contribution in [0.1, 0.15) is 31.7 Å². The molecular formula is C23H28O4. The quantitative estimate of drug-likeness (QED) is 0.359. The molecule has 0 fully saturated rings. The summed E-state index contributed by atoms with van der Waals surface area (Å²) in [5.41, 5.74) is 3.73. The maximum Gasteiger partial charge on any atom is 0.335 e. The van der Waals surface area contributed by atoms with E-state index in [2.05, 4.69) is 37.8 Å². The Morgan fingerprint density at radius 1 is 0.963 bits per heavy atom. The highest BCUT2D eigenvalue weighted by Crippen LogP contribution is 2.23. The van der Waals surface area contributed by atoms with Crippen molar-refractivity contribution in [1.29, 1.82) is 0 Å². The van der Waals surface area contributed by atoms with Gasteiger partial charge >= 0.3 is 5.97 Å². The Hall–Kier alpha value is -2.59. The molecule has 0 heterocycles. The van der Waals surface area contributed by atoms with Crippen molar-refractivity contribution in [3.63, 3.8) is 0 Å². The number of rotatable bonds is 11. The highest BCUT2D eigenvalue weighted by molar-refractivity contribution is 5.87. The van der Waals surface area contributed by atoms with Crippen molar-refractivity contribution in [2.45, 2.75) is 32.6 Å². The number of aryl methyl sites for hydroxylation is 1. The zero-order chi connectivity index (χ0) is 19.5. The van der Waals surface area contributed by atoms with Gasteiger partial charge in [0.2, 0.25) is 0 Å². The fourth-order valence-corrected chi connectivity index (χ4v) is 2.65. The maximum atomic E-state index is 11.3. The van der Waals surface area contributed by atoms with E-state index in [1.54, 1.807) is 0 Å². The lowest BCUT2D eigenvalue weighted by molar-refractivity contribution is -0.140. The van der Waals surface area contributed by atoms with Crippen molar-refractivity contribution in [3.8, 4) is 16.9 Å². The summed E-state index contributed by atoms with van der Waals surface area (Å²) >= 11 is 0. The zero-order valence-electron chi connectivity index (χ0n) is 15.9. The number of hydrogen-bond acceptors (Lipinski definition) is 4. The van der Waals surface area contributed by atoms with Crippen molar-refractivity contribution in [2.75, 3.05) is 19.8 Å². The summed E-state index contributed by atoms with van der Waals surface area (Å²) in [6.45, 7) is 5.58. The van der Waals surface area contributed by atoms with Gasteiger partial charge in [-0.05, 0) is 41.7 Å². The van der Waals surface area contributed by atoms with Crippen LogP contribution in [0.3, 0.4) is 0 Å². The van der Waals surface area contributed by atoms with Gasteiger partial charge in [0.05, 0.1) is 12.2 Å². The van der Waals surface area contributed by atoms with Gasteiger partial charge in [0, 0.05) is 0 Å². The standard InChI is InChI=1S/C23H28O4/c1-3-4-5-6-19-7-9-20(10-8-19)21-11-13-22(14-12-21)26-15-16-27-23(25)18(2)17-24/h7-14,24H,2-6,15-17H2,1H3. The van der Waals surface area contributed by atoms with Gasteiger partial charge in [0.25, 0.3) is 0 Å². The molecule has 4 nitrogen and oxygen atoms in total. The van der Waals surface area contributed by atoms with E-state index in [0.29, 0.717) is 5.75 Å². The number of carbonyl (C=O) groups is 1. The number of unbranched alkanes of at least 4 members (excludes halogenated alkanes) is 2. The molecule has 0 radical (unpaired) electrons. The monoisotopic (exact) mass is 368 g/mol. The number of carbonyl (C=O) groups excluding carboxylic acids is 1. The van der Waals surface area contributed by atoms with Crippen molar-refractivity contribution in [1.82, 2.24) is 0 Å². The zero-order valence-corrected chi connectivity index (χ0v) is 15.9. The summed E-state index contributed by atoms with van der Waals surface area (Å²) in [7, 11) is 0. The second-order valence-electron chi connectivity index (χ2n) is 6.42. The van der Waals surface area contributed by atoms with E-state index in [1.165, 1.54) is 30.4 Å². The minimum Gasteiger partial charge on any atom is -0.490 e. The van der Waals surface area contributed by atoms with Crippen LogP contribution >= 0.6 is 0 Å². The molecule has 27 heavy (non-hydrogen) atoms. The van der Waals surface area contributed by atoms with E-state index >= 15 is 0 Å². The molecule has 0 spiro atoms. The molecule has 0 aromatic heterocycles. The van der Waals surface area contributed by atoms with Crippen LogP contribution < -0.4 is 4.74 Å². The molecular weight excluding hydrogens is 340 g/mol. The lowest BCUT2D eigenvalue weighted by atomic mass is 10.0. The van der Waals surface area contributed by atoms with Gasteiger partial charge in [0.1, 0.15) is 19.0 Å². The van der Waals surface area contributed by atoms with Crippen LogP contribution in [0.15, 0.2) is 60.7 Å². The molecule has 0 aliphatic carbocycles. The Kier molecular flexibility index (Phi) is 8.59. The topological polar surface area (TPSA) is 55.8 Å². The Balaban J connectivity index is 1.80. The summed E-state index contributed by atoms with van der Waals surface area (Å²) in [4.78, 5) is 11.3. The molecule has 0 saturated heterocycles. The second-order valence-corrected chi connectivity index (χ2v) is 6.42. The summed E-state index contributed by atoms with van der Waals surface area (Å²) in [5, 5.41) is 8.79. The lowest BCUT2D eigenvalue weighted by Crippen LogP contribution is -2.14. The molecule has 0 aliphatic heterocycles. The Bertz CT molecular complexity index is 717. The van der Waals surface area contributed by atoms with Crippen LogP contribution in [-0.4, -0.2) is 30.9 Å². The molecule has 0 unspecified atom stereocenters. The predicted octanol–water partition coefficient (Wildman–Crippen LogP) is 4.56. The third-order valence-corrected chi connectivity index (χ3v) is 4.28. The van der Waals surface area contributed by atoms with Gasteiger partial charge in [-0.25, -0.2) is 4.79 Å². The van der Waals surface area contributed by atoms with Gasteiger partial charge in [-0.15, -0.1) is 0 Å². The summed E-state index contributed by atoms with van der Waals surface area (Å²) in [6.07, 6.45) is 4.90. The Labute approximate surface area is 161 Å². The molecule has 0 atom stereocenters. The van der Waals surface area contributed by atoms with Gasteiger partial charge in [-0.2, -0.15) is 0 Å². The third-order valence-electron chi connectivity index (χ3n) is 4.28. The number of benzene rings is 2. The molecule has 0 amide bonds. The number of aliphatic hydroxyl groups is 1. The molecule has 0 aliphatic rings. The van der Waals surface area contributed by atoms with Crippen LogP contribution in [0.4, 0.5) is 0 Å². The van der Waals surface area contributed by atoms with E-state index < -0.39 is 12.6 Å². The first-order chi connectivity index (χ1) is 13.1. The smallest absolute Gasteiger partial charge is 0.335 e. The molecule has 144 valence electrons. The van der Waals surface area contributed by atoms with E-state index in [-0.39, 0.29) is 18.8 Å². The van der Waals surface area contributed by atoms with Crippen LogP contribution in [0, 0.1) is 0 Å². The highest BCUT2D eigenvalue weighted by Gasteiger charge is 2.06. The van der Waals surface area contributed by atoms with Crippen molar-refractivity contribution < 1.29 is 19.4 Å². The maximum absolute atomic E-state index is 11.3. The largest absolute Gasteiger partial charge is 0.490 e. The summed E-state index contributed by atoms with van der Waals surface area (Å²) in [5.74, 6) is 0.113. The number of aliphatic hydroxyl groups excluding tert-OH is 1. The lowest BCUT2D eigenvalue weighted by Gasteiger charge is -2.09. The number of esters is 1. The van der Waals surface area contributed by atoms with Gasteiger partial charge in [0.15, 0.2) is 0 Å².